The Hall–Kier alpha value is -3.20. The third-order valence-electron chi connectivity index (χ3n) is 6.10. The number of hydrogen-bond donors (Lipinski definition) is 1. The van der Waals surface area contributed by atoms with E-state index < -0.39 is 16.2 Å². The van der Waals surface area contributed by atoms with Gasteiger partial charge in [0.05, 0.1) is 18.1 Å². The lowest BCUT2D eigenvalue weighted by Crippen LogP contribution is -2.40. The first-order valence-electron chi connectivity index (χ1n) is 10.9. The molecule has 3 aromatic carbocycles. The molecule has 5 rings (SSSR count). The highest BCUT2D eigenvalue weighted by atomic mass is 32.2. The highest BCUT2D eigenvalue weighted by Gasteiger charge is 2.38. The zero-order valence-corrected chi connectivity index (χ0v) is 19.1. The Balaban J connectivity index is 1.45. The number of hydrogen-bond acceptors (Lipinski definition) is 5. The maximum absolute atomic E-state index is 13.3. The molecule has 0 spiro atoms. The van der Waals surface area contributed by atoms with E-state index in [1.54, 1.807) is 29.2 Å². The van der Waals surface area contributed by atoms with E-state index in [9.17, 15) is 13.2 Å². The summed E-state index contributed by atoms with van der Waals surface area (Å²) in [5.41, 5.74) is 4.10. The van der Waals surface area contributed by atoms with Crippen LogP contribution in [0.15, 0.2) is 77.7 Å². The van der Waals surface area contributed by atoms with Crippen LogP contribution >= 0.6 is 0 Å². The predicted octanol–water partition coefficient (Wildman–Crippen LogP) is 3.79. The van der Waals surface area contributed by atoms with E-state index in [2.05, 4.69) is 5.32 Å². The van der Waals surface area contributed by atoms with Crippen LogP contribution in [0.1, 0.15) is 27.7 Å². The van der Waals surface area contributed by atoms with Gasteiger partial charge in [-0.15, -0.1) is 0 Å². The van der Waals surface area contributed by atoms with Crippen molar-refractivity contribution in [1.82, 2.24) is 4.31 Å². The number of nitrogens with one attached hydrogen (secondary N) is 1. The summed E-state index contributed by atoms with van der Waals surface area (Å²) < 4.78 is 32.6. The number of sulfonamides is 1. The molecule has 8 heteroatoms. The number of para-hydroxylation sites is 1. The van der Waals surface area contributed by atoms with Gasteiger partial charge in [0, 0.05) is 35.6 Å². The van der Waals surface area contributed by atoms with Gasteiger partial charge in [0.25, 0.3) is 5.91 Å². The fourth-order valence-electron chi connectivity index (χ4n) is 4.36. The van der Waals surface area contributed by atoms with Crippen molar-refractivity contribution in [3.8, 4) is 0 Å². The van der Waals surface area contributed by atoms with E-state index in [1.807, 2.05) is 55.5 Å². The molecular formula is C25H25N3O4S. The quantitative estimate of drug-likeness (QED) is 0.623. The van der Waals surface area contributed by atoms with Crippen molar-refractivity contribution in [3.05, 3.63) is 89.5 Å². The summed E-state index contributed by atoms with van der Waals surface area (Å²) in [6.45, 7) is 3.50. The molecule has 0 aliphatic carbocycles. The molecule has 1 unspecified atom stereocenters. The minimum atomic E-state index is -3.56. The Morgan fingerprint density at radius 3 is 2.30 bits per heavy atom. The van der Waals surface area contributed by atoms with Crippen molar-refractivity contribution in [2.24, 2.45) is 0 Å². The van der Waals surface area contributed by atoms with Gasteiger partial charge >= 0.3 is 0 Å². The molecule has 33 heavy (non-hydrogen) atoms. The highest BCUT2D eigenvalue weighted by molar-refractivity contribution is 7.89. The monoisotopic (exact) mass is 463 g/mol. The average Bonchev–Trinajstić information content (AvgIpc) is 3.12. The summed E-state index contributed by atoms with van der Waals surface area (Å²) in [5, 5.41) is 3.44. The molecule has 1 N–H and O–H groups in total. The summed E-state index contributed by atoms with van der Waals surface area (Å²) in [5.74, 6) is -0.0658. The van der Waals surface area contributed by atoms with Gasteiger partial charge in [-0.05, 0) is 48.9 Å². The van der Waals surface area contributed by atoms with E-state index in [4.69, 9.17) is 4.74 Å². The molecular weight excluding hydrogens is 438 g/mol. The second kappa shape index (κ2) is 8.62. The van der Waals surface area contributed by atoms with Gasteiger partial charge < -0.3 is 10.1 Å². The van der Waals surface area contributed by atoms with Crippen LogP contribution < -0.4 is 10.2 Å². The molecule has 2 aliphatic heterocycles. The van der Waals surface area contributed by atoms with Gasteiger partial charge in [-0.2, -0.15) is 4.31 Å². The third-order valence-corrected chi connectivity index (χ3v) is 8.02. The number of anilines is 2. The largest absolute Gasteiger partial charge is 0.379 e. The zero-order valence-electron chi connectivity index (χ0n) is 18.3. The lowest BCUT2D eigenvalue weighted by atomic mass is 10.1. The van der Waals surface area contributed by atoms with Gasteiger partial charge in [0.15, 0.2) is 0 Å². The van der Waals surface area contributed by atoms with Crippen molar-refractivity contribution >= 4 is 27.3 Å². The van der Waals surface area contributed by atoms with Crippen LogP contribution in [0.3, 0.4) is 0 Å². The van der Waals surface area contributed by atoms with E-state index >= 15 is 0 Å². The normalized spacial score (nSPS) is 18.9. The van der Waals surface area contributed by atoms with E-state index in [0.717, 1.165) is 22.5 Å². The number of benzene rings is 3. The van der Waals surface area contributed by atoms with Crippen molar-refractivity contribution in [2.75, 3.05) is 36.5 Å². The Bertz CT molecular complexity index is 1290. The molecule has 1 amide bonds. The second-order valence-electron chi connectivity index (χ2n) is 8.14. The van der Waals surface area contributed by atoms with Crippen molar-refractivity contribution < 1.29 is 17.9 Å². The molecule has 170 valence electrons. The number of ether oxygens (including phenoxy) is 1. The summed E-state index contributed by atoms with van der Waals surface area (Å²) >= 11 is 0. The van der Waals surface area contributed by atoms with Crippen LogP contribution in [0.5, 0.6) is 0 Å². The third kappa shape index (κ3) is 3.90. The number of aryl methyl sites for hydroxylation is 1. The minimum Gasteiger partial charge on any atom is -0.379 e. The van der Waals surface area contributed by atoms with Gasteiger partial charge in [-0.1, -0.05) is 36.4 Å². The summed E-state index contributed by atoms with van der Waals surface area (Å²) in [7, 11) is -3.56. The predicted molar refractivity (Wildman–Crippen MR) is 127 cm³/mol. The van der Waals surface area contributed by atoms with Crippen molar-refractivity contribution in [2.45, 2.75) is 18.0 Å². The molecule has 7 nitrogen and oxygen atoms in total. The summed E-state index contributed by atoms with van der Waals surface area (Å²) in [4.78, 5) is 15.3. The van der Waals surface area contributed by atoms with Crippen LogP contribution in [-0.2, 0) is 14.8 Å². The molecule has 0 bridgehead atoms. The van der Waals surface area contributed by atoms with Gasteiger partial charge in [-0.3, -0.25) is 9.69 Å². The van der Waals surface area contributed by atoms with E-state index in [0.29, 0.717) is 31.9 Å². The van der Waals surface area contributed by atoms with Crippen molar-refractivity contribution in [3.63, 3.8) is 0 Å². The SMILES string of the molecule is Cc1ccccc1N1C(=O)c2ccccc2C1Nc1ccc(S(=O)(=O)N2CCOCC2)cc1. The second-order valence-corrected chi connectivity index (χ2v) is 10.1. The Morgan fingerprint density at radius 1 is 0.909 bits per heavy atom. The number of nitrogens with zero attached hydrogens (tertiary/aromatic N) is 2. The lowest BCUT2D eigenvalue weighted by molar-refractivity contribution is 0.0730. The number of amides is 1. The Morgan fingerprint density at radius 2 is 1.58 bits per heavy atom. The first-order valence-corrected chi connectivity index (χ1v) is 12.3. The molecule has 2 heterocycles. The first kappa shape index (κ1) is 21.6. The van der Waals surface area contributed by atoms with Gasteiger partial charge in [0.1, 0.15) is 6.17 Å². The van der Waals surface area contributed by atoms with Crippen LogP contribution in [-0.4, -0.2) is 44.9 Å². The molecule has 2 aliphatic rings. The van der Waals surface area contributed by atoms with Crippen LogP contribution in [0.2, 0.25) is 0 Å². The number of fused-ring (bicyclic) bond motifs is 1. The fourth-order valence-corrected chi connectivity index (χ4v) is 5.77. The van der Waals surface area contributed by atoms with Crippen LogP contribution in [0.4, 0.5) is 11.4 Å². The molecule has 0 radical (unpaired) electrons. The minimum absolute atomic E-state index is 0.0658. The molecule has 3 aromatic rings. The van der Waals surface area contributed by atoms with Crippen LogP contribution in [0, 0.1) is 6.92 Å². The molecule has 1 atom stereocenters. The van der Waals surface area contributed by atoms with Gasteiger partial charge in [0.2, 0.25) is 10.0 Å². The van der Waals surface area contributed by atoms with Crippen LogP contribution in [0.25, 0.3) is 0 Å². The molecule has 0 saturated carbocycles. The summed E-state index contributed by atoms with van der Waals surface area (Å²) in [6, 6.07) is 22.0. The Kier molecular flexibility index (Phi) is 5.65. The lowest BCUT2D eigenvalue weighted by Gasteiger charge is -2.29. The molecule has 0 aromatic heterocycles. The van der Waals surface area contributed by atoms with E-state index in [-0.39, 0.29) is 10.8 Å². The smallest absolute Gasteiger partial charge is 0.260 e. The number of rotatable bonds is 5. The molecule has 1 saturated heterocycles. The number of morpholine rings is 1. The maximum atomic E-state index is 13.3. The topological polar surface area (TPSA) is 79.0 Å². The van der Waals surface area contributed by atoms with Gasteiger partial charge in [-0.25, -0.2) is 8.42 Å². The fraction of sp³-hybridized carbons (Fsp3) is 0.240. The standard InChI is InChI=1S/C25H25N3O4S/c1-18-6-2-5-9-23(18)28-24(21-7-3-4-8-22(21)25(28)29)26-19-10-12-20(13-11-19)33(30,31)27-14-16-32-17-15-27/h2-13,24,26H,14-17H2,1H3. The average molecular weight is 464 g/mol. The summed E-state index contributed by atoms with van der Waals surface area (Å²) in [6.07, 6.45) is -0.406. The molecule has 1 fully saturated rings. The Labute approximate surface area is 193 Å². The highest BCUT2D eigenvalue weighted by Crippen LogP contribution is 2.39. The zero-order chi connectivity index (χ0) is 23.0. The number of carbonyl (C=O) groups is 1. The van der Waals surface area contributed by atoms with Crippen molar-refractivity contribution in [1.29, 1.82) is 0 Å². The maximum Gasteiger partial charge on any atom is 0.260 e. The first-order chi connectivity index (χ1) is 16.0. The number of carbonyl (C=O) groups excluding carboxylic acids is 1. The van der Waals surface area contributed by atoms with E-state index in [1.165, 1.54) is 4.31 Å².